The zero-order chi connectivity index (χ0) is 14.8. The molecular weight excluding hydrogens is 266 g/mol. The highest BCUT2D eigenvalue weighted by Crippen LogP contribution is 2.28. The van der Waals surface area contributed by atoms with Crippen molar-refractivity contribution in [1.29, 1.82) is 0 Å². The first-order valence-corrected chi connectivity index (χ1v) is 6.52. The molecule has 5 nitrogen and oxygen atoms in total. The molecule has 0 aliphatic rings. The largest absolute Gasteiger partial charge is 0.340 e. The second-order valence-corrected chi connectivity index (χ2v) is 4.75. The first kappa shape index (κ1) is 13.1. The molecule has 0 radical (unpaired) electrons. The van der Waals surface area contributed by atoms with Crippen LogP contribution in [0.25, 0.3) is 10.9 Å². The number of nitro benzene ring substituents is 1. The third-order valence-corrected chi connectivity index (χ3v) is 3.27. The molecule has 0 aliphatic carbocycles. The molecule has 0 saturated heterocycles. The Labute approximate surface area is 121 Å². The average molecular weight is 279 g/mol. The number of benzene rings is 2. The third kappa shape index (κ3) is 2.53. The van der Waals surface area contributed by atoms with E-state index in [1.54, 1.807) is 6.07 Å². The highest BCUT2D eigenvalue weighted by atomic mass is 16.6. The van der Waals surface area contributed by atoms with E-state index in [-0.39, 0.29) is 5.69 Å². The number of nitrogens with one attached hydrogen (secondary N) is 1. The molecular formula is C16H13N3O2. The lowest BCUT2D eigenvalue weighted by Crippen LogP contribution is -1.98. The lowest BCUT2D eigenvalue weighted by Gasteiger charge is -2.09. The lowest BCUT2D eigenvalue weighted by molar-refractivity contribution is -0.383. The number of non-ortho nitro benzene ring substituents is 1. The van der Waals surface area contributed by atoms with E-state index in [4.69, 9.17) is 0 Å². The molecule has 1 aromatic heterocycles. The van der Waals surface area contributed by atoms with Crippen molar-refractivity contribution in [2.75, 3.05) is 5.32 Å². The van der Waals surface area contributed by atoms with Gasteiger partial charge in [0.05, 0.1) is 4.92 Å². The smallest absolute Gasteiger partial charge is 0.295 e. The summed E-state index contributed by atoms with van der Waals surface area (Å²) in [6.07, 6.45) is 0. The Hall–Kier alpha value is -2.95. The number of hydrogen-bond acceptors (Lipinski definition) is 4. The number of fused-ring (bicyclic) bond motifs is 1. The molecule has 1 N–H and O–H groups in total. The van der Waals surface area contributed by atoms with Gasteiger partial charge < -0.3 is 5.32 Å². The van der Waals surface area contributed by atoms with Crippen molar-refractivity contribution in [3.8, 4) is 0 Å². The summed E-state index contributed by atoms with van der Waals surface area (Å²) in [4.78, 5) is 15.1. The van der Waals surface area contributed by atoms with Gasteiger partial charge >= 0.3 is 0 Å². The topological polar surface area (TPSA) is 68.1 Å². The maximum atomic E-state index is 11.1. The van der Waals surface area contributed by atoms with E-state index in [0.717, 1.165) is 16.6 Å². The van der Waals surface area contributed by atoms with E-state index in [0.29, 0.717) is 11.3 Å². The predicted octanol–water partition coefficient (Wildman–Crippen LogP) is 4.20. The fourth-order valence-electron chi connectivity index (χ4n) is 2.28. The third-order valence-electron chi connectivity index (χ3n) is 3.27. The standard InChI is InChI=1S/C16H13N3O2/c1-11-10-15(17-12-6-3-2-4-7-12)18-16-13(11)8-5-9-14(16)19(20)21/h2-10H,1H3,(H,17,18). The average Bonchev–Trinajstić information content (AvgIpc) is 2.47. The molecule has 0 saturated carbocycles. The van der Waals surface area contributed by atoms with Crippen molar-refractivity contribution in [2.24, 2.45) is 0 Å². The van der Waals surface area contributed by atoms with E-state index in [9.17, 15) is 10.1 Å². The Bertz CT molecular complexity index is 816. The Balaban J connectivity index is 2.13. The van der Waals surface area contributed by atoms with Crippen LogP contribution in [0, 0.1) is 17.0 Å². The summed E-state index contributed by atoms with van der Waals surface area (Å²) in [6.45, 7) is 1.92. The number of rotatable bonds is 3. The van der Waals surface area contributed by atoms with Crippen molar-refractivity contribution in [1.82, 2.24) is 4.98 Å². The van der Waals surface area contributed by atoms with Gasteiger partial charge in [0.15, 0.2) is 5.52 Å². The molecule has 5 heteroatoms. The maximum absolute atomic E-state index is 11.1. The number of aryl methyl sites for hydroxylation is 1. The van der Waals surface area contributed by atoms with Crippen LogP contribution in [-0.4, -0.2) is 9.91 Å². The zero-order valence-corrected chi connectivity index (χ0v) is 11.4. The van der Waals surface area contributed by atoms with Crippen LogP contribution in [0.1, 0.15) is 5.56 Å². The molecule has 0 atom stereocenters. The van der Waals surface area contributed by atoms with Crippen molar-refractivity contribution >= 4 is 28.1 Å². The van der Waals surface area contributed by atoms with Crippen molar-refractivity contribution in [3.63, 3.8) is 0 Å². The highest BCUT2D eigenvalue weighted by molar-refractivity contribution is 5.91. The van der Waals surface area contributed by atoms with Crippen molar-refractivity contribution < 1.29 is 4.92 Å². The summed E-state index contributed by atoms with van der Waals surface area (Å²) in [5.41, 5.74) is 2.26. The Morgan fingerprint density at radius 1 is 1.10 bits per heavy atom. The van der Waals surface area contributed by atoms with Crippen molar-refractivity contribution in [3.05, 3.63) is 70.3 Å². The first-order valence-electron chi connectivity index (χ1n) is 6.52. The quantitative estimate of drug-likeness (QED) is 0.576. The van der Waals surface area contributed by atoms with Gasteiger partial charge in [-0.1, -0.05) is 30.3 Å². The van der Waals surface area contributed by atoms with Crippen LogP contribution in [0.15, 0.2) is 54.6 Å². The second kappa shape index (κ2) is 5.20. The van der Waals surface area contributed by atoms with Gasteiger partial charge in [0.1, 0.15) is 5.82 Å². The molecule has 0 amide bonds. The van der Waals surface area contributed by atoms with E-state index < -0.39 is 4.92 Å². The SMILES string of the molecule is Cc1cc(Nc2ccccc2)nc2c([N+](=O)[O-])cccc12. The zero-order valence-electron chi connectivity index (χ0n) is 11.4. The summed E-state index contributed by atoms with van der Waals surface area (Å²) in [5.74, 6) is 0.598. The molecule has 1 heterocycles. The van der Waals surface area contributed by atoms with Gasteiger partial charge in [-0.05, 0) is 30.7 Å². The summed E-state index contributed by atoms with van der Waals surface area (Å²) in [7, 11) is 0. The minimum Gasteiger partial charge on any atom is -0.340 e. The van der Waals surface area contributed by atoms with Crippen LogP contribution in [-0.2, 0) is 0 Å². The summed E-state index contributed by atoms with van der Waals surface area (Å²) < 4.78 is 0. The van der Waals surface area contributed by atoms with Gasteiger partial charge in [0.2, 0.25) is 0 Å². The van der Waals surface area contributed by atoms with Gasteiger partial charge in [0.25, 0.3) is 5.69 Å². The van der Waals surface area contributed by atoms with Crippen LogP contribution in [0.4, 0.5) is 17.2 Å². The second-order valence-electron chi connectivity index (χ2n) is 4.75. The molecule has 0 spiro atoms. The molecule has 3 rings (SSSR count). The van der Waals surface area contributed by atoms with Crippen LogP contribution in [0.2, 0.25) is 0 Å². The summed E-state index contributed by atoms with van der Waals surface area (Å²) in [6, 6.07) is 16.5. The van der Waals surface area contributed by atoms with Crippen LogP contribution in [0.5, 0.6) is 0 Å². The summed E-state index contributed by atoms with van der Waals surface area (Å²) in [5, 5.41) is 15.1. The molecule has 0 bridgehead atoms. The molecule has 3 aromatic rings. The highest BCUT2D eigenvalue weighted by Gasteiger charge is 2.15. The fourth-order valence-corrected chi connectivity index (χ4v) is 2.28. The Morgan fingerprint density at radius 2 is 1.86 bits per heavy atom. The number of nitrogens with zero attached hydrogens (tertiary/aromatic N) is 2. The van der Waals surface area contributed by atoms with Crippen molar-refractivity contribution in [2.45, 2.75) is 6.92 Å². The fraction of sp³-hybridized carbons (Fsp3) is 0.0625. The van der Waals surface area contributed by atoms with E-state index in [1.807, 2.05) is 49.4 Å². The Kier molecular flexibility index (Phi) is 3.23. The number of hydrogen-bond donors (Lipinski definition) is 1. The van der Waals surface area contributed by atoms with Gasteiger partial charge in [-0.25, -0.2) is 4.98 Å². The van der Waals surface area contributed by atoms with Crippen LogP contribution in [0.3, 0.4) is 0 Å². The van der Waals surface area contributed by atoms with E-state index in [1.165, 1.54) is 6.07 Å². The number of nitro groups is 1. The van der Waals surface area contributed by atoms with Gasteiger partial charge in [-0.15, -0.1) is 0 Å². The molecule has 0 aliphatic heterocycles. The minimum atomic E-state index is -0.402. The normalized spacial score (nSPS) is 10.5. The Morgan fingerprint density at radius 3 is 2.57 bits per heavy atom. The maximum Gasteiger partial charge on any atom is 0.295 e. The summed E-state index contributed by atoms with van der Waals surface area (Å²) >= 11 is 0. The monoisotopic (exact) mass is 279 g/mol. The molecule has 0 fully saturated rings. The van der Waals surface area contributed by atoms with Gasteiger partial charge in [-0.2, -0.15) is 0 Å². The number of aromatic nitrogens is 1. The van der Waals surface area contributed by atoms with Gasteiger partial charge in [-0.3, -0.25) is 10.1 Å². The van der Waals surface area contributed by atoms with Crippen LogP contribution < -0.4 is 5.32 Å². The molecule has 21 heavy (non-hydrogen) atoms. The van der Waals surface area contributed by atoms with Gasteiger partial charge in [0, 0.05) is 17.1 Å². The first-order chi connectivity index (χ1) is 10.1. The molecule has 2 aromatic carbocycles. The number of para-hydroxylation sites is 2. The lowest BCUT2D eigenvalue weighted by atomic mass is 10.1. The number of anilines is 2. The molecule has 0 unspecified atom stereocenters. The number of pyridine rings is 1. The van der Waals surface area contributed by atoms with E-state index in [2.05, 4.69) is 10.3 Å². The molecule has 104 valence electrons. The minimum absolute atomic E-state index is 0.0207. The van der Waals surface area contributed by atoms with Crippen LogP contribution >= 0.6 is 0 Å². The van der Waals surface area contributed by atoms with E-state index >= 15 is 0 Å². The predicted molar refractivity (Wildman–Crippen MR) is 82.9 cm³/mol.